The fourth-order valence-corrected chi connectivity index (χ4v) is 1.53. The van der Waals surface area contributed by atoms with E-state index < -0.39 is 11.8 Å². The normalized spacial score (nSPS) is 10.6. The largest absolute Gasteiger partial charge is 0.458 e. The van der Waals surface area contributed by atoms with Crippen molar-refractivity contribution < 1.29 is 13.9 Å². The maximum Gasteiger partial charge on any atom is 0.358 e. The Morgan fingerprint density at radius 1 is 1.62 bits per heavy atom. The molecule has 7 heteroatoms. The van der Waals surface area contributed by atoms with Crippen LogP contribution in [0.1, 0.15) is 24.3 Å². The maximum absolute atomic E-state index is 13.2. The Kier molecular flexibility index (Phi) is 4.09. The van der Waals surface area contributed by atoms with Crippen LogP contribution in [0.2, 0.25) is 5.02 Å². The highest BCUT2D eigenvalue weighted by Crippen LogP contribution is 2.29. The highest BCUT2D eigenvalue weighted by molar-refractivity contribution is 9.10. The predicted octanol–water partition coefficient (Wildman–Crippen LogP) is 2.78. The lowest BCUT2D eigenvalue weighted by molar-refractivity contribution is 0.0371. The molecule has 1 heterocycles. The number of carbonyl (C=O) groups is 1. The van der Waals surface area contributed by atoms with E-state index in [1.54, 1.807) is 13.8 Å². The SMILES string of the molecule is CC(C)OC(=O)c1nc(Br)c(F)c(N)c1Cl. The van der Waals surface area contributed by atoms with Crippen LogP contribution in [-0.2, 0) is 4.74 Å². The molecule has 0 aliphatic carbocycles. The molecule has 0 aliphatic rings. The van der Waals surface area contributed by atoms with Crippen LogP contribution in [0.3, 0.4) is 0 Å². The number of ether oxygens (including phenoxy) is 1. The van der Waals surface area contributed by atoms with E-state index in [1.807, 2.05) is 0 Å². The average molecular weight is 312 g/mol. The Morgan fingerprint density at radius 2 is 2.19 bits per heavy atom. The molecular formula is C9H9BrClFN2O2. The van der Waals surface area contributed by atoms with E-state index in [2.05, 4.69) is 20.9 Å². The first kappa shape index (κ1) is 13.2. The molecule has 16 heavy (non-hydrogen) atoms. The maximum atomic E-state index is 13.2. The van der Waals surface area contributed by atoms with Crippen molar-refractivity contribution in [1.29, 1.82) is 0 Å². The third-order valence-corrected chi connectivity index (χ3v) is 2.52. The summed E-state index contributed by atoms with van der Waals surface area (Å²) in [6.07, 6.45) is -0.324. The first-order chi connectivity index (χ1) is 7.34. The summed E-state index contributed by atoms with van der Waals surface area (Å²) >= 11 is 8.53. The van der Waals surface area contributed by atoms with Crippen LogP contribution in [0.15, 0.2) is 4.60 Å². The monoisotopic (exact) mass is 310 g/mol. The van der Waals surface area contributed by atoms with Crippen LogP contribution < -0.4 is 5.73 Å². The topological polar surface area (TPSA) is 65.2 Å². The standard InChI is InChI=1S/C9H9BrClFN2O2/c1-3(2)16-9(15)7-4(11)6(13)5(12)8(10)14-7/h3H,1-2H3,(H2,13,14). The van der Waals surface area contributed by atoms with Gasteiger partial charge in [0.05, 0.1) is 16.8 Å². The van der Waals surface area contributed by atoms with Gasteiger partial charge in [-0.1, -0.05) is 11.6 Å². The van der Waals surface area contributed by atoms with E-state index in [0.717, 1.165) is 0 Å². The predicted molar refractivity (Wildman–Crippen MR) is 61.9 cm³/mol. The van der Waals surface area contributed by atoms with Crippen LogP contribution in [0.4, 0.5) is 10.1 Å². The van der Waals surface area contributed by atoms with Gasteiger partial charge >= 0.3 is 5.97 Å². The lowest BCUT2D eigenvalue weighted by Gasteiger charge is -2.10. The number of hydrogen-bond acceptors (Lipinski definition) is 4. The van der Waals surface area contributed by atoms with Crippen LogP contribution in [0.25, 0.3) is 0 Å². The van der Waals surface area contributed by atoms with Gasteiger partial charge in [-0.05, 0) is 29.8 Å². The second-order valence-corrected chi connectivity index (χ2v) is 4.38. The number of carbonyl (C=O) groups excluding carboxylic acids is 1. The van der Waals surface area contributed by atoms with Crippen LogP contribution in [0.5, 0.6) is 0 Å². The van der Waals surface area contributed by atoms with Gasteiger partial charge in [0.25, 0.3) is 0 Å². The van der Waals surface area contributed by atoms with Gasteiger partial charge in [0.2, 0.25) is 0 Å². The Hall–Kier alpha value is -0.880. The number of nitrogens with zero attached hydrogens (tertiary/aromatic N) is 1. The van der Waals surface area contributed by atoms with Crippen molar-refractivity contribution in [3.05, 3.63) is 21.1 Å². The number of esters is 1. The summed E-state index contributed by atoms with van der Waals surface area (Å²) < 4.78 is 17.9. The van der Waals surface area contributed by atoms with Crippen LogP contribution >= 0.6 is 27.5 Å². The molecule has 1 aromatic heterocycles. The zero-order chi connectivity index (χ0) is 12.5. The van der Waals surface area contributed by atoms with E-state index in [9.17, 15) is 9.18 Å². The van der Waals surface area contributed by atoms with Gasteiger partial charge < -0.3 is 10.5 Å². The van der Waals surface area contributed by atoms with Gasteiger partial charge in [0, 0.05) is 0 Å². The van der Waals surface area contributed by atoms with Crippen LogP contribution in [0, 0.1) is 5.82 Å². The van der Waals surface area contributed by atoms with Gasteiger partial charge in [-0.25, -0.2) is 14.2 Å². The van der Waals surface area contributed by atoms with E-state index in [0.29, 0.717) is 0 Å². The summed E-state index contributed by atoms with van der Waals surface area (Å²) in [5.41, 5.74) is 4.83. The fraction of sp³-hybridized carbons (Fsp3) is 0.333. The molecule has 1 rings (SSSR count). The van der Waals surface area contributed by atoms with Crippen molar-refractivity contribution in [2.24, 2.45) is 0 Å². The van der Waals surface area contributed by atoms with Gasteiger partial charge in [0.15, 0.2) is 11.5 Å². The molecule has 0 saturated carbocycles. The summed E-state index contributed by atoms with van der Waals surface area (Å²) in [7, 11) is 0. The molecule has 0 aliphatic heterocycles. The van der Waals surface area contributed by atoms with Crippen molar-refractivity contribution >= 4 is 39.2 Å². The third-order valence-electron chi connectivity index (χ3n) is 1.61. The molecule has 0 unspecified atom stereocenters. The highest BCUT2D eigenvalue weighted by Gasteiger charge is 2.22. The van der Waals surface area contributed by atoms with Crippen molar-refractivity contribution in [2.75, 3.05) is 5.73 Å². The minimum absolute atomic E-state index is 0.176. The molecule has 0 radical (unpaired) electrons. The molecule has 88 valence electrons. The number of hydrogen-bond donors (Lipinski definition) is 1. The Labute approximate surface area is 105 Å². The van der Waals surface area contributed by atoms with Crippen molar-refractivity contribution in [3.63, 3.8) is 0 Å². The van der Waals surface area contributed by atoms with E-state index in [-0.39, 0.29) is 27.1 Å². The molecule has 1 aromatic rings. The molecule has 0 saturated heterocycles. The molecule has 0 atom stereocenters. The number of aromatic nitrogens is 1. The van der Waals surface area contributed by atoms with Crippen molar-refractivity contribution in [1.82, 2.24) is 4.98 Å². The highest BCUT2D eigenvalue weighted by atomic mass is 79.9. The number of rotatable bonds is 2. The molecule has 0 aromatic carbocycles. The molecular weight excluding hydrogens is 302 g/mol. The molecule has 2 N–H and O–H groups in total. The van der Waals surface area contributed by atoms with Crippen molar-refractivity contribution in [3.8, 4) is 0 Å². The van der Waals surface area contributed by atoms with Gasteiger partial charge in [-0.2, -0.15) is 0 Å². The second kappa shape index (κ2) is 4.97. The summed E-state index contributed by atoms with van der Waals surface area (Å²) in [6.45, 7) is 3.35. The Balaban J connectivity index is 3.20. The van der Waals surface area contributed by atoms with E-state index in [4.69, 9.17) is 22.1 Å². The zero-order valence-electron chi connectivity index (χ0n) is 8.55. The summed E-state index contributed by atoms with van der Waals surface area (Å²) in [5.74, 6) is -1.54. The molecule has 0 spiro atoms. The lowest BCUT2D eigenvalue weighted by atomic mass is 10.3. The Morgan fingerprint density at radius 3 is 2.69 bits per heavy atom. The Bertz CT molecular complexity index is 440. The van der Waals surface area contributed by atoms with Gasteiger partial charge in [-0.3, -0.25) is 0 Å². The smallest absolute Gasteiger partial charge is 0.358 e. The van der Waals surface area contributed by atoms with E-state index in [1.165, 1.54) is 0 Å². The average Bonchev–Trinajstić information content (AvgIpc) is 2.19. The number of nitrogen functional groups attached to an aromatic ring is 1. The first-order valence-corrected chi connectivity index (χ1v) is 5.52. The van der Waals surface area contributed by atoms with E-state index >= 15 is 0 Å². The third kappa shape index (κ3) is 2.62. The second-order valence-electron chi connectivity index (χ2n) is 3.25. The minimum Gasteiger partial charge on any atom is -0.458 e. The lowest BCUT2D eigenvalue weighted by Crippen LogP contribution is -2.15. The number of pyridine rings is 1. The zero-order valence-corrected chi connectivity index (χ0v) is 10.9. The summed E-state index contributed by atoms with van der Waals surface area (Å²) in [5, 5.41) is -0.244. The number of anilines is 1. The first-order valence-electron chi connectivity index (χ1n) is 4.35. The summed E-state index contributed by atoms with van der Waals surface area (Å²) in [6, 6.07) is 0. The molecule has 0 amide bonds. The fourth-order valence-electron chi connectivity index (χ4n) is 0.936. The molecule has 4 nitrogen and oxygen atoms in total. The quantitative estimate of drug-likeness (QED) is 0.674. The molecule has 0 bridgehead atoms. The van der Waals surface area contributed by atoms with Gasteiger partial charge in [-0.15, -0.1) is 0 Å². The minimum atomic E-state index is -0.800. The molecule has 0 fully saturated rings. The van der Waals surface area contributed by atoms with Crippen molar-refractivity contribution in [2.45, 2.75) is 20.0 Å². The van der Waals surface area contributed by atoms with Gasteiger partial charge in [0.1, 0.15) is 4.60 Å². The summed E-state index contributed by atoms with van der Waals surface area (Å²) in [4.78, 5) is 15.2. The number of halogens is 3. The van der Waals surface area contributed by atoms with Crippen LogP contribution in [-0.4, -0.2) is 17.1 Å². The number of nitrogens with two attached hydrogens (primary N) is 1.